The third kappa shape index (κ3) is 2.08. The third-order valence-electron chi connectivity index (χ3n) is 4.54. The zero-order chi connectivity index (χ0) is 13.4. The van der Waals surface area contributed by atoms with Gasteiger partial charge in [-0.25, -0.2) is 0 Å². The Morgan fingerprint density at radius 2 is 2.00 bits per heavy atom. The normalized spacial score (nSPS) is 22.6. The molecular formula is C17H19N3. The minimum Gasteiger partial charge on any atom is -0.327 e. The first-order valence-electron chi connectivity index (χ1n) is 7.42. The van der Waals surface area contributed by atoms with Crippen molar-refractivity contribution in [3.63, 3.8) is 0 Å². The van der Waals surface area contributed by atoms with Crippen molar-refractivity contribution in [1.29, 1.82) is 0 Å². The molecule has 0 aromatic carbocycles. The zero-order valence-electron chi connectivity index (χ0n) is 11.6. The summed E-state index contributed by atoms with van der Waals surface area (Å²) in [6.07, 6.45) is 14.4. The van der Waals surface area contributed by atoms with E-state index < -0.39 is 0 Å². The lowest BCUT2D eigenvalue weighted by atomic mass is 10.1. The van der Waals surface area contributed by atoms with Gasteiger partial charge in [0, 0.05) is 49.5 Å². The first kappa shape index (κ1) is 11.9. The van der Waals surface area contributed by atoms with Gasteiger partial charge in [0.15, 0.2) is 0 Å². The van der Waals surface area contributed by atoms with E-state index in [0.717, 1.165) is 12.6 Å². The molecule has 2 aliphatic rings. The van der Waals surface area contributed by atoms with E-state index in [0.29, 0.717) is 0 Å². The van der Waals surface area contributed by atoms with E-state index in [-0.39, 0.29) is 0 Å². The van der Waals surface area contributed by atoms with E-state index in [1.807, 2.05) is 12.4 Å². The Labute approximate surface area is 119 Å². The van der Waals surface area contributed by atoms with Crippen LogP contribution in [0.25, 0.3) is 16.8 Å². The van der Waals surface area contributed by atoms with Gasteiger partial charge in [-0.15, -0.1) is 0 Å². The van der Waals surface area contributed by atoms with Crippen LogP contribution in [-0.4, -0.2) is 33.6 Å². The highest BCUT2D eigenvalue weighted by Crippen LogP contribution is 2.30. The summed E-state index contributed by atoms with van der Waals surface area (Å²) in [5.41, 5.74) is 3.95. The van der Waals surface area contributed by atoms with Gasteiger partial charge in [-0.3, -0.25) is 9.88 Å². The summed E-state index contributed by atoms with van der Waals surface area (Å²) >= 11 is 0. The molecule has 0 N–H and O–H groups in total. The molecule has 2 aliphatic heterocycles. The van der Waals surface area contributed by atoms with E-state index in [1.54, 1.807) is 0 Å². The van der Waals surface area contributed by atoms with Crippen LogP contribution < -0.4 is 0 Å². The second-order valence-electron chi connectivity index (χ2n) is 5.73. The van der Waals surface area contributed by atoms with E-state index in [4.69, 9.17) is 0 Å². The lowest BCUT2D eigenvalue weighted by molar-refractivity contribution is 0.272. The molecule has 1 unspecified atom stereocenters. The molecule has 2 aromatic heterocycles. The average molecular weight is 265 g/mol. The Morgan fingerprint density at radius 1 is 1.10 bits per heavy atom. The standard InChI is InChI=1S/C17H19N3/c1-2-16-12-17(6-11-19(16)9-1)20-10-5-15(13-20)14-3-7-18-8-4-14/h3-8,10,13,16H,1-2,9,11-12H2. The first-order chi connectivity index (χ1) is 9.90. The summed E-state index contributed by atoms with van der Waals surface area (Å²) in [6.45, 7) is 2.39. The van der Waals surface area contributed by atoms with Crippen LogP contribution in [-0.2, 0) is 0 Å². The predicted octanol–water partition coefficient (Wildman–Crippen LogP) is 3.26. The van der Waals surface area contributed by atoms with E-state index in [2.05, 4.69) is 51.1 Å². The first-order valence-corrected chi connectivity index (χ1v) is 7.42. The maximum Gasteiger partial charge on any atom is 0.0273 e. The molecule has 102 valence electrons. The van der Waals surface area contributed by atoms with E-state index in [9.17, 15) is 0 Å². The number of nitrogens with zero attached hydrogens (tertiary/aromatic N) is 3. The molecule has 0 aliphatic carbocycles. The summed E-state index contributed by atoms with van der Waals surface area (Å²) in [4.78, 5) is 6.69. The molecule has 3 heteroatoms. The second kappa shape index (κ2) is 4.91. The molecule has 0 spiro atoms. The Kier molecular flexibility index (Phi) is 2.92. The Balaban J connectivity index is 1.59. The highest BCUT2D eigenvalue weighted by molar-refractivity contribution is 5.64. The van der Waals surface area contributed by atoms with Crippen molar-refractivity contribution in [3.05, 3.63) is 49.1 Å². The van der Waals surface area contributed by atoms with Crippen molar-refractivity contribution < 1.29 is 0 Å². The lowest BCUT2D eigenvalue weighted by Crippen LogP contribution is -2.33. The van der Waals surface area contributed by atoms with Gasteiger partial charge in [0.05, 0.1) is 0 Å². The molecule has 20 heavy (non-hydrogen) atoms. The summed E-state index contributed by atoms with van der Waals surface area (Å²) in [5, 5.41) is 0. The van der Waals surface area contributed by atoms with Crippen molar-refractivity contribution in [2.45, 2.75) is 25.3 Å². The van der Waals surface area contributed by atoms with Gasteiger partial charge in [0.25, 0.3) is 0 Å². The molecule has 0 saturated carbocycles. The number of hydrogen-bond donors (Lipinski definition) is 0. The van der Waals surface area contributed by atoms with Gasteiger partial charge < -0.3 is 4.57 Å². The monoisotopic (exact) mass is 265 g/mol. The average Bonchev–Trinajstić information content (AvgIpc) is 3.16. The van der Waals surface area contributed by atoms with Crippen LogP contribution in [0.1, 0.15) is 19.3 Å². The summed E-state index contributed by atoms with van der Waals surface area (Å²) < 4.78 is 2.30. The molecule has 3 nitrogen and oxygen atoms in total. The van der Waals surface area contributed by atoms with Crippen LogP contribution >= 0.6 is 0 Å². The minimum absolute atomic E-state index is 0.766. The summed E-state index contributed by atoms with van der Waals surface area (Å²) in [6, 6.07) is 7.08. The van der Waals surface area contributed by atoms with Gasteiger partial charge in [0.2, 0.25) is 0 Å². The fraction of sp³-hybridized carbons (Fsp3) is 0.353. The van der Waals surface area contributed by atoms with Gasteiger partial charge in [-0.2, -0.15) is 0 Å². The fourth-order valence-corrected chi connectivity index (χ4v) is 3.42. The van der Waals surface area contributed by atoms with Crippen LogP contribution in [0, 0.1) is 0 Å². The predicted molar refractivity (Wildman–Crippen MR) is 81.1 cm³/mol. The molecule has 1 saturated heterocycles. The molecule has 0 amide bonds. The van der Waals surface area contributed by atoms with Crippen LogP contribution in [0.4, 0.5) is 0 Å². The van der Waals surface area contributed by atoms with Crippen LogP contribution in [0.15, 0.2) is 49.1 Å². The summed E-state index contributed by atoms with van der Waals surface area (Å²) in [5.74, 6) is 0. The molecule has 1 atom stereocenters. The molecule has 0 bridgehead atoms. The van der Waals surface area contributed by atoms with E-state index in [1.165, 1.54) is 42.6 Å². The Morgan fingerprint density at radius 3 is 2.90 bits per heavy atom. The molecule has 0 radical (unpaired) electrons. The second-order valence-corrected chi connectivity index (χ2v) is 5.73. The van der Waals surface area contributed by atoms with Crippen LogP contribution in [0.2, 0.25) is 0 Å². The Bertz CT molecular complexity index is 627. The van der Waals surface area contributed by atoms with Crippen molar-refractivity contribution in [3.8, 4) is 11.1 Å². The molecular weight excluding hydrogens is 246 g/mol. The smallest absolute Gasteiger partial charge is 0.0273 e. The largest absolute Gasteiger partial charge is 0.327 e. The fourth-order valence-electron chi connectivity index (χ4n) is 3.42. The highest BCUT2D eigenvalue weighted by Gasteiger charge is 2.27. The quantitative estimate of drug-likeness (QED) is 0.831. The van der Waals surface area contributed by atoms with Crippen molar-refractivity contribution in [2.24, 2.45) is 0 Å². The van der Waals surface area contributed by atoms with Gasteiger partial charge >= 0.3 is 0 Å². The summed E-state index contributed by atoms with van der Waals surface area (Å²) in [7, 11) is 0. The molecule has 4 heterocycles. The number of pyridine rings is 1. The maximum atomic E-state index is 4.08. The number of hydrogen-bond acceptors (Lipinski definition) is 2. The zero-order valence-corrected chi connectivity index (χ0v) is 11.6. The topological polar surface area (TPSA) is 21.1 Å². The third-order valence-corrected chi connectivity index (χ3v) is 4.54. The highest BCUT2D eigenvalue weighted by atomic mass is 15.2. The Hall–Kier alpha value is -1.87. The van der Waals surface area contributed by atoms with Crippen molar-refractivity contribution in [1.82, 2.24) is 14.5 Å². The minimum atomic E-state index is 0.766. The van der Waals surface area contributed by atoms with Gasteiger partial charge in [-0.1, -0.05) is 6.08 Å². The van der Waals surface area contributed by atoms with Crippen LogP contribution in [0.5, 0.6) is 0 Å². The molecule has 2 aromatic rings. The van der Waals surface area contributed by atoms with Crippen molar-refractivity contribution >= 4 is 5.70 Å². The van der Waals surface area contributed by atoms with E-state index >= 15 is 0 Å². The number of rotatable bonds is 2. The number of aromatic nitrogens is 2. The van der Waals surface area contributed by atoms with Gasteiger partial charge in [0.1, 0.15) is 0 Å². The number of fused-ring (bicyclic) bond motifs is 1. The molecule has 4 rings (SSSR count). The molecule has 1 fully saturated rings. The van der Waals surface area contributed by atoms with Crippen LogP contribution in [0.3, 0.4) is 0 Å². The maximum absolute atomic E-state index is 4.08. The SMILES string of the molecule is C1=C(n2ccc(-c3ccncc3)c2)CC2CCCN2C1. The lowest BCUT2D eigenvalue weighted by Gasteiger charge is -2.29. The van der Waals surface area contributed by atoms with Gasteiger partial charge in [-0.05, 0) is 48.7 Å². The van der Waals surface area contributed by atoms with Crippen molar-refractivity contribution in [2.75, 3.05) is 13.1 Å².